The minimum atomic E-state index is 0. The van der Waals surface area contributed by atoms with Crippen LogP contribution in [-0.4, -0.2) is 86.2 Å². The first-order valence-corrected chi connectivity index (χ1v) is 9.92. The van der Waals surface area contributed by atoms with Gasteiger partial charge in [0, 0.05) is 45.2 Å². The summed E-state index contributed by atoms with van der Waals surface area (Å²) in [6.45, 7) is 9.28. The van der Waals surface area contributed by atoms with Crippen LogP contribution in [0, 0.1) is 0 Å². The predicted octanol–water partition coefficient (Wildman–Crippen LogP) is 1.04. The molecule has 3 aliphatic heterocycles. The molecule has 8 heteroatoms. The Bertz CT molecular complexity index is 476. The van der Waals surface area contributed by atoms with E-state index in [2.05, 4.69) is 22.5 Å². The monoisotopic (exact) mass is 479 g/mol. The molecule has 3 fully saturated rings. The van der Waals surface area contributed by atoms with Gasteiger partial charge in [-0.25, -0.2) is 0 Å². The third-order valence-corrected chi connectivity index (χ3v) is 5.33. The highest BCUT2D eigenvalue weighted by Gasteiger charge is 2.32. The molecule has 2 unspecified atom stereocenters. The normalized spacial score (nSPS) is 26.6. The summed E-state index contributed by atoms with van der Waals surface area (Å²) in [5.41, 5.74) is 0. The summed E-state index contributed by atoms with van der Waals surface area (Å²) in [5, 5.41) is 6.67. The van der Waals surface area contributed by atoms with Crippen molar-refractivity contribution >= 4 is 35.8 Å². The molecule has 150 valence electrons. The first-order valence-electron chi connectivity index (χ1n) is 9.92. The maximum absolute atomic E-state index is 11.6. The van der Waals surface area contributed by atoms with Gasteiger partial charge < -0.3 is 20.3 Å². The van der Waals surface area contributed by atoms with Crippen molar-refractivity contribution in [2.24, 2.45) is 4.99 Å². The Labute approximate surface area is 174 Å². The molecule has 7 nitrogen and oxygen atoms in total. The molecule has 0 aromatic heterocycles. The van der Waals surface area contributed by atoms with E-state index in [1.54, 1.807) is 0 Å². The lowest BCUT2D eigenvalue weighted by Gasteiger charge is -2.34. The zero-order chi connectivity index (χ0) is 17.5. The van der Waals surface area contributed by atoms with E-state index in [-0.39, 0.29) is 30.1 Å². The lowest BCUT2D eigenvalue weighted by Crippen LogP contribution is -2.47. The van der Waals surface area contributed by atoms with Crippen LogP contribution < -0.4 is 10.6 Å². The summed E-state index contributed by atoms with van der Waals surface area (Å²) in [5.74, 6) is 1.15. The number of amides is 1. The molecule has 0 radical (unpaired) electrons. The number of carbonyl (C=O) groups is 1. The smallest absolute Gasteiger partial charge is 0.222 e. The predicted molar refractivity (Wildman–Crippen MR) is 114 cm³/mol. The summed E-state index contributed by atoms with van der Waals surface area (Å²) >= 11 is 0. The van der Waals surface area contributed by atoms with Crippen molar-refractivity contribution in [2.75, 3.05) is 52.4 Å². The number of likely N-dealkylation sites (tertiary alicyclic amines) is 1. The molecule has 0 aliphatic carbocycles. The Balaban J connectivity index is 0.00000243. The van der Waals surface area contributed by atoms with Crippen LogP contribution in [0.5, 0.6) is 0 Å². The molecule has 0 spiro atoms. The number of halogens is 1. The van der Waals surface area contributed by atoms with Crippen molar-refractivity contribution in [3.8, 4) is 0 Å². The largest absolute Gasteiger partial charge is 0.373 e. The number of hydrogen-bond donors (Lipinski definition) is 2. The highest BCUT2D eigenvalue weighted by Crippen LogP contribution is 2.22. The van der Waals surface area contributed by atoms with Gasteiger partial charge in [-0.2, -0.15) is 0 Å². The van der Waals surface area contributed by atoms with Crippen molar-refractivity contribution in [2.45, 2.75) is 51.2 Å². The van der Waals surface area contributed by atoms with Gasteiger partial charge in [-0.3, -0.25) is 14.7 Å². The Hall–Kier alpha value is -0.610. The summed E-state index contributed by atoms with van der Waals surface area (Å²) in [7, 11) is 0. The van der Waals surface area contributed by atoms with Crippen LogP contribution in [-0.2, 0) is 9.53 Å². The number of aliphatic imine (C=N–C) groups is 1. The van der Waals surface area contributed by atoms with Crippen LogP contribution in [0.3, 0.4) is 0 Å². The maximum Gasteiger partial charge on any atom is 0.222 e. The standard InChI is InChI=1S/C18H33N5O2.HI/c1-2-19-18(20-8-5-11-22-9-4-7-17(22)24)21-12-16-13-23-10-3-6-15(23)14-25-16;/h15-16H,2-14H2,1H3,(H2,19,20,21);1H. The quantitative estimate of drug-likeness (QED) is 0.247. The fourth-order valence-electron chi connectivity index (χ4n) is 3.95. The maximum atomic E-state index is 11.6. The van der Waals surface area contributed by atoms with Crippen LogP contribution in [0.25, 0.3) is 0 Å². The van der Waals surface area contributed by atoms with Crippen molar-refractivity contribution in [1.29, 1.82) is 0 Å². The van der Waals surface area contributed by atoms with Gasteiger partial charge in [0.15, 0.2) is 5.96 Å². The number of fused-ring (bicyclic) bond motifs is 1. The minimum Gasteiger partial charge on any atom is -0.373 e. The van der Waals surface area contributed by atoms with Crippen LogP contribution in [0.2, 0.25) is 0 Å². The van der Waals surface area contributed by atoms with Crippen LogP contribution in [0.4, 0.5) is 0 Å². The molecule has 26 heavy (non-hydrogen) atoms. The van der Waals surface area contributed by atoms with Gasteiger partial charge in [0.2, 0.25) is 5.91 Å². The van der Waals surface area contributed by atoms with E-state index < -0.39 is 0 Å². The van der Waals surface area contributed by atoms with Crippen LogP contribution in [0.15, 0.2) is 4.99 Å². The second kappa shape index (κ2) is 11.3. The third-order valence-electron chi connectivity index (χ3n) is 5.33. The molecule has 3 rings (SSSR count). The fourth-order valence-corrected chi connectivity index (χ4v) is 3.95. The van der Waals surface area contributed by atoms with Gasteiger partial charge in [-0.15, -0.1) is 24.0 Å². The Kier molecular flexibility index (Phi) is 9.41. The van der Waals surface area contributed by atoms with E-state index in [1.165, 1.54) is 19.4 Å². The van der Waals surface area contributed by atoms with E-state index in [9.17, 15) is 4.79 Å². The van der Waals surface area contributed by atoms with Crippen LogP contribution >= 0.6 is 24.0 Å². The number of guanidine groups is 1. The fraction of sp³-hybridized carbons (Fsp3) is 0.889. The van der Waals surface area contributed by atoms with E-state index in [0.717, 1.165) is 64.6 Å². The van der Waals surface area contributed by atoms with Gasteiger partial charge in [-0.05, 0) is 39.2 Å². The second-order valence-electron chi connectivity index (χ2n) is 7.23. The van der Waals surface area contributed by atoms with E-state index in [0.29, 0.717) is 18.5 Å². The molecule has 0 aromatic rings. The lowest BCUT2D eigenvalue weighted by atomic mass is 10.2. The molecule has 2 N–H and O–H groups in total. The van der Waals surface area contributed by atoms with Crippen molar-refractivity contribution in [1.82, 2.24) is 20.4 Å². The molecule has 3 saturated heterocycles. The average Bonchev–Trinajstić information content (AvgIpc) is 3.24. The zero-order valence-corrected chi connectivity index (χ0v) is 18.2. The highest BCUT2D eigenvalue weighted by atomic mass is 127. The number of carbonyl (C=O) groups excluding carboxylic acids is 1. The molecule has 0 aromatic carbocycles. The van der Waals surface area contributed by atoms with Crippen molar-refractivity contribution in [3.63, 3.8) is 0 Å². The van der Waals surface area contributed by atoms with Gasteiger partial charge in [0.05, 0.1) is 19.3 Å². The highest BCUT2D eigenvalue weighted by molar-refractivity contribution is 14.0. The number of nitrogens with one attached hydrogen (secondary N) is 2. The first-order chi connectivity index (χ1) is 12.3. The Morgan fingerprint density at radius 1 is 1.31 bits per heavy atom. The average molecular weight is 479 g/mol. The molecule has 0 saturated carbocycles. The SMILES string of the molecule is CCNC(=NCC1CN2CCCC2CO1)NCCCN1CCCC1=O.I. The summed E-state index contributed by atoms with van der Waals surface area (Å²) < 4.78 is 5.98. The van der Waals surface area contributed by atoms with Gasteiger partial charge >= 0.3 is 0 Å². The van der Waals surface area contributed by atoms with Crippen molar-refractivity contribution < 1.29 is 9.53 Å². The molecule has 1 amide bonds. The molecule has 3 heterocycles. The molecular formula is C18H34IN5O2. The van der Waals surface area contributed by atoms with E-state index >= 15 is 0 Å². The Morgan fingerprint density at radius 3 is 2.96 bits per heavy atom. The second-order valence-corrected chi connectivity index (χ2v) is 7.23. The summed E-state index contributed by atoms with van der Waals surface area (Å²) in [4.78, 5) is 20.8. The minimum absolute atomic E-state index is 0. The molecule has 2 atom stereocenters. The number of ether oxygens (including phenoxy) is 1. The van der Waals surface area contributed by atoms with Gasteiger partial charge in [-0.1, -0.05) is 0 Å². The Morgan fingerprint density at radius 2 is 2.19 bits per heavy atom. The number of rotatable bonds is 7. The topological polar surface area (TPSA) is 69.2 Å². The van der Waals surface area contributed by atoms with E-state index in [1.807, 2.05) is 4.90 Å². The van der Waals surface area contributed by atoms with Crippen LogP contribution in [0.1, 0.15) is 39.0 Å². The summed E-state index contributed by atoms with van der Waals surface area (Å²) in [6.07, 6.45) is 5.46. The van der Waals surface area contributed by atoms with Gasteiger partial charge in [0.1, 0.15) is 0 Å². The van der Waals surface area contributed by atoms with E-state index in [4.69, 9.17) is 9.73 Å². The third kappa shape index (κ3) is 6.23. The van der Waals surface area contributed by atoms with Crippen molar-refractivity contribution in [3.05, 3.63) is 0 Å². The number of hydrogen-bond acceptors (Lipinski definition) is 4. The molecule has 0 bridgehead atoms. The number of morpholine rings is 1. The molecular weight excluding hydrogens is 445 g/mol. The lowest BCUT2D eigenvalue weighted by molar-refractivity contribution is -0.127. The first kappa shape index (κ1) is 21.7. The summed E-state index contributed by atoms with van der Waals surface area (Å²) in [6, 6.07) is 0.639. The number of nitrogens with zero attached hydrogens (tertiary/aromatic N) is 3. The zero-order valence-electron chi connectivity index (χ0n) is 15.9. The molecule has 3 aliphatic rings. The van der Waals surface area contributed by atoms with Gasteiger partial charge in [0.25, 0.3) is 0 Å².